The molecule has 0 bridgehead atoms. The molecule has 27 heavy (non-hydrogen) atoms. The smallest absolute Gasteiger partial charge is 0.116 e. The first-order chi connectivity index (χ1) is 13.3. The lowest BCUT2D eigenvalue weighted by molar-refractivity contribution is 0.475. The van der Waals surface area contributed by atoms with Crippen molar-refractivity contribution in [3.8, 4) is 5.75 Å². The van der Waals surface area contributed by atoms with Crippen LogP contribution in [0, 0.1) is 0 Å². The summed E-state index contributed by atoms with van der Waals surface area (Å²) in [5.74, 6) is 0.265. The van der Waals surface area contributed by atoms with Crippen LogP contribution in [0.4, 0.5) is 0 Å². The number of aromatic hydroxyl groups is 1. The van der Waals surface area contributed by atoms with Crippen LogP contribution in [0.5, 0.6) is 5.75 Å². The third kappa shape index (κ3) is 3.68. The molecule has 1 heteroatoms. The highest BCUT2D eigenvalue weighted by atomic mass is 16.3. The summed E-state index contributed by atoms with van der Waals surface area (Å²) >= 11 is 0. The van der Waals surface area contributed by atoms with E-state index >= 15 is 0 Å². The van der Waals surface area contributed by atoms with Gasteiger partial charge in [-0.2, -0.15) is 0 Å². The Morgan fingerprint density at radius 2 is 0.778 bits per heavy atom. The van der Waals surface area contributed by atoms with Gasteiger partial charge in [0.25, 0.3) is 0 Å². The Labute approximate surface area is 159 Å². The van der Waals surface area contributed by atoms with Crippen molar-refractivity contribution in [2.45, 2.75) is 0 Å². The van der Waals surface area contributed by atoms with Gasteiger partial charge >= 0.3 is 0 Å². The summed E-state index contributed by atoms with van der Waals surface area (Å²) < 4.78 is 0. The topological polar surface area (TPSA) is 20.2 Å². The van der Waals surface area contributed by atoms with E-state index in [1.807, 2.05) is 48.5 Å². The third-order valence-electron chi connectivity index (χ3n) is 4.57. The molecule has 0 aliphatic rings. The molecule has 0 heterocycles. The van der Waals surface area contributed by atoms with Gasteiger partial charge in [-0.1, -0.05) is 103 Å². The molecular weight excluding hydrogens is 328 g/mol. The molecule has 0 saturated carbocycles. The lowest BCUT2D eigenvalue weighted by Gasteiger charge is -2.18. The van der Waals surface area contributed by atoms with Crippen LogP contribution in [0.15, 0.2) is 115 Å². The first kappa shape index (κ1) is 16.9. The molecular formula is C26H20O. The Morgan fingerprint density at radius 1 is 0.407 bits per heavy atom. The fraction of sp³-hybridized carbons (Fsp3) is 0. The molecule has 0 aliphatic heterocycles. The first-order valence-corrected chi connectivity index (χ1v) is 9.03. The minimum absolute atomic E-state index is 0.265. The highest BCUT2D eigenvalue weighted by Gasteiger charge is 2.16. The zero-order valence-corrected chi connectivity index (χ0v) is 14.9. The molecule has 0 radical (unpaired) electrons. The monoisotopic (exact) mass is 348 g/mol. The maximum absolute atomic E-state index is 10.1. The molecule has 1 N–H and O–H groups in total. The van der Waals surface area contributed by atoms with Gasteiger partial charge in [0.15, 0.2) is 0 Å². The average molecular weight is 348 g/mol. The lowest BCUT2D eigenvalue weighted by Crippen LogP contribution is -1.97. The number of hydrogen-bond donors (Lipinski definition) is 1. The van der Waals surface area contributed by atoms with Crippen molar-refractivity contribution in [1.82, 2.24) is 0 Å². The van der Waals surface area contributed by atoms with E-state index in [4.69, 9.17) is 0 Å². The van der Waals surface area contributed by atoms with Crippen LogP contribution in [0.2, 0.25) is 0 Å². The molecule has 4 rings (SSSR count). The summed E-state index contributed by atoms with van der Waals surface area (Å²) in [6.07, 6.45) is 0. The van der Waals surface area contributed by atoms with Gasteiger partial charge in [-0.15, -0.1) is 0 Å². The quantitative estimate of drug-likeness (QED) is 0.423. The van der Waals surface area contributed by atoms with Gasteiger partial charge in [0.2, 0.25) is 0 Å². The van der Waals surface area contributed by atoms with E-state index in [2.05, 4.69) is 60.7 Å². The van der Waals surface area contributed by atoms with Gasteiger partial charge < -0.3 is 5.11 Å². The van der Waals surface area contributed by atoms with Gasteiger partial charge in [0.1, 0.15) is 5.75 Å². The van der Waals surface area contributed by atoms with E-state index < -0.39 is 0 Å². The highest BCUT2D eigenvalue weighted by Crippen LogP contribution is 2.37. The Morgan fingerprint density at radius 3 is 1.19 bits per heavy atom. The van der Waals surface area contributed by atoms with Crippen LogP contribution >= 0.6 is 0 Å². The highest BCUT2D eigenvalue weighted by molar-refractivity contribution is 6.04. The molecule has 0 fully saturated rings. The maximum Gasteiger partial charge on any atom is 0.116 e. The van der Waals surface area contributed by atoms with Crippen LogP contribution in [-0.2, 0) is 0 Å². The van der Waals surface area contributed by atoms with Crippen LogP contribution < -0.4 is 0 Å². The van der Waals surface area contributed by atoms with Gasteiger partial charge in [-0.3, -0.25) is 0 Å². The van der Waals surface area contributed by atoms with Crippen LogP contribution in [0.25, 0.3) is 11.1 Å². The summed E-state index contributed by atoms with van der Waals surface area (Å²) in [5, 5.41) is 10.1. The predicted molar refractivity (Wildman–Crippen MR) is 112 cm³/mol. The molecule has 0 atom stereocenters. The van der Waals surface area contributed by atoms with Crippen LogP contribution in [0.1, 0.15) is 22.3 Å². The van der Waals surface area contributed by atoms with E-state index in [0.717, 1.165) is 33.4 Å². The van der Waals surface area contributed by atoms with Crippen molar-refractivity contribution in [3.05, 3.63) is 138 Å². The molecule has 4 aromatic rings. The van der Waals surface area contributed by atoms with Crippen molar-refractivity contribution in [1.29, 1.82) is 0 Å². The van der Waals surface area contributed by atoms with Gasteiger partial charge in [-0.25, -0.2) is 0 Å². The van der Waals surface area contributed by atoms with Crippen LogP contribution in [-0.4, -0.2) is 5.11 Å². The fourth-order valence-corrected chi connectivity index (χ4v) is 3.39. The second kappa shape index (κ2) is 7.76. The van der Waals surface area contributed by atoms with Crippen molar-refractivity contribution < 1.29 is 5.11 Å². The molecule has 0 aromatic heterocycles. The van der Waals surface area contributed by atoms with E-state index in [-0.39, 0.29) is 5.75 Å². The van der Waals surface area contributed by atoms with Gasteiger partial charge in [-0.05, 0) is 45.5 Å². The van der Waals surface area contributed by atoms with Gasteiger partial charge in [0, 0.05) is 0 Å². The number of rotatable bonds is 4. The average Bonchev–Trinajstić information content (AvgIpc) is 2.74. The number of hydrogen-bond acceptors (Lipinski definition) is 1. The van der Waals surface area contributed by atoms with Crippen LogP contribution in [0.3, 0.4) is 0 Å². The Kier molecular flexibility index (Phi) is 4.84. The molecule has 1 nitrogen and oxygen atoms in total. The third-order valence-corrected chi connectivity index (χ3v) is 4.57. The zero-order valence-electron chi connectivity index (χ0n) is 14.9. The van der Waals surface area contributed by atoms with E-state index in [0.29, 0.717) is 0 Å². The molecule has 0 spiro atoms. The standard InChI is InChI=1S/C26H20O/c27-24-18-10-17-23(19-24)26(22-15-8-3-9-16-22)25(20-11-4-1-5-12-20)21-13-6-2-7-14-21/h1-19,27H. The fourth-order valence-electron chi connectivity index (χ4n) is 3.39. The maximum atomic E-state index is 10.1. The number of phenols is 1. The lowest BCUT2D eigenvalue weighted by atomic mass is 9.86. The van der Waals surface area contributed by atoms with Crippen molar-refractivity contribution in [3.63, 3.8) is 0 Å². The Balaban J connectivity index is 2.10. The molecule has 4 aromatic carbocycles. The van der Waals surface area contributed by atoms with Crippen molar-refractivity contribution in [2.75, 3.05) is 0 Å². The molecule has 0 saturated heterocycles. The number of phenolic OH excluding ortho intramolecular Hbond substituents is 1. The normalized spacial score (nSPS) is 10.4. The molecule has 0 aliphatic carbocycles. The molecule has 0 amide bonds. The van der Waals surface area contributed by atoms with E-state index in [9.17, 15) is 5.11 Å². The summed E-state index contributed by atoms with van der Waals surface area (Å²) in [6, 6.07) is 38.7. The second-order valence-corrected chi connectivity index (χ2v) is 6.40. The van der Waals surface area contributed by atoms with Gasteiger partial charge in [0.05, 0.1) is 0 Å². The summed E-state index contributed by atoms with van der Waals surface area (Å²) in [7, 11) is 0. The largest absolute Gasteiger partial charge is 0.508 e. The predicted octanol–water partition coefficient (Wildman–Crippen LogP) is 6.40. The first-order valence-electron chi connectivity index (χ1n) is 9.03. The van der Waals surface area contributed by atoms with Crippen molar-refractivity contribution in [2.24, 2.45) is 0 Å². The van der Waals surface area contributed by atoms with E-state index in [1.54, 1.807) is 6.07 Å². The SMILES string of the molecule is Oc1cccc(C(=C(c2ccccc2)c2ccccc2)c2ccccc2)c1. The van der Waals surface area contributed by atoms with E-state index in [1.165, 1.54) is 0 Å². The minimum atomic E-state index is 0.265. The van der Waals surface area contributed by atoms with Crippen molar-refractivity contribution >= 4 is 11.1 Å². The summed E-state index contributed by atoms with van der Waals surface area (Å²) in [5.41, 5.74) is 6.64. The minimum Gasteiger partial charge on any atom is -0.508 e. The Hall–Kier alpha value is -3.58. The Bertz CT molecular complexity index is 1010. The summed E-state index contributed by atoms with van der Waals surface area (Å²) in [4.78, 5) is 0. The molecule has 0 unspecified atom stereocenters. The summed E-state index contributed by atoms with van der Waals surface area (Å²) in [6.45, 7) is 0. The second-order valence-electron chi connectivity index (χ2n) is 6.40. The number of benzene rings is 4. The zero-order chi connectivity index (χ0) is 18.5. The molecule has 130 valence electrons.